The molecule has 0 amide bonds. The maximum atomic E-state index is 4.29. The maximum absolute atomic E-state index is 4.29. The van der Waals surface area contributed by atoms with Crippen LogP contribution in [0.5, 0.6) is 0 Å². The minimum absolute atomic E-state index is 1.02. The lowest BCUT2D eigenvalue weighted by molar-refractivity contribution is 0.565. The van der Waals surface area contributed by atoms with Gasteiger partial charge in [-0.3, -0.25) is 0 Å². The number of hydrogen-bond donors (Lipinski definition) is 1. The van der Waals surface area contributed by atoms with Crippen LogP contribution in [0.15, 0.2) is 12.4 Å². The van der Waals surface area contributed by atoms with Gasteiger partial charge in [-0.2, -0.15) is 0 Å². The van der Waals surface area contributed by atoms with Crippen molar-refractivity contribution in [3.05, 3.63) is 18.2 Å². The SMILES string of the molecule is CCCNCCCn1ccnc1CC. The molecule has 0 unspecified atom stereocenters. The lowest BCUT2D eigenvalue weighted by Gasteiger charge is -2.06. The molecule has 0 radical (unpaired) electrons. The van der Waals surface area contributed by atoms with Crippen molar-refractivity contribution in [1.29, 1.82) is 0 Å². The predicted molar refractivity (Wildman–Crippen MR) is 59.4 cm³/mol. The van der Waals surface area contributed by atoms with E-state index in [0.717, 1.165) is 26.1 Å². The largest absolute Gasteiger partial charge is 0.335 e. The molecule has 1 rings (SSSR count). The molecule has 14 heavy (non-hydrogen) atoms. The molecule has 1 N–H and O–H groups in total. The first-order valence-corrected chi connectivity index (χ1v) is 5.59. The van der Waals surface area contributed by atoms with Gasteiger partial charge in [-0.05, 0) is 25.9 Å². The van der Waals surface area contributed by atoms with E-state index in [0.29, 0.717) is 0 Å². The van der Waals surface area contributed by atoms with E-state index in [-0.39, 0.29) is 0 Å². The third-order valence-electron chi connectivity index (χ3n) is 2.30. The van der Waals surface area contributed by atoms with Crippen LogP contribution >= 0.6 is 0 Å². The molecule has 0 aromatic carbocycles. The number of nitrogens with zero attached hydrogens (tertiary/aromatic N) is 2. The number of imidazole rings is 1. The number of hydrogen-bond acceptors (Lipinski definition) is 2. The summed E-state index contributed by atoms with van der Waals surface area (Å²) in [5.74, 6) is 1.19. The van der Waals surface area contributed by atoms with Crippen molar-refractivity contribution in [2.75, 3.05) is 13.1 Å². The van der Waals surface area contributed by atoms with Gasteiger partial charge < -0.3 is 9.88 Å². The van der Waals surface area contributed by atoms with Gasteiger partial charge in [0.05, 0.1) is 0 Å². The van der Waals surface area contributed by atoms with Crippen molar-refractivity contribution in [1.82, 2.24) is 14.9 Å². The molecule has 0 fully saturated rings. The van der Waals surface area contributed by atoms with Gasteiger partial charge in [0.1, 0.15) is 5.82 Å². The highest BCUT2D eigenvalue weighted by Gasteiger charge is 1.98. The fourth-order valence-corrected chi connectivity index (χ4v) is 1.53. The van der Waals surface area contributed by atoms with Crippen molar-refractivity contribution in [2.45, 2.75) is 39.7 Å². The Bertz CT molecular complexity index is 242. The second-order valence-electron chi connectivity index (χ2n) is 3.49. The van der Waals surface area contributed by atoms with Gasteiger partial charge in [0, 0.05) is 25.4 Å². The molecule has 0 bridgehead atoms. The molecule has 1 aromatic heterocycles. The monoisotopic (exact) mass is 195 g/mol. The van der Waals surface area contributed by atoms with Crippen molar-refractivity contribution < 1.29 is 0 Å². The van der Waals surface area contributed by atoms with Gasteiger partial charge in [-0.25, -0.2) is 4.98 Å². The smallest absolute Gasteiger partial charge is 0.108 e. The van der Waals surface area contributed by atoms with Crippen LogP contribution in [0, 0.1) is 0 Å². The Morgan fingerprint density at radius 1 is 1.36 bits per heavy atom. The highest BCUT2D eigenvalue weighted by Crippen LogP contribution is 1.99. The second-order valence-corrected chi connectivity index (χ2v) is 3.49. The van der Waals surface area contributed by atoms with Crippen LogP contribution in [-0.4, -0.2) is 22.6 Å². The fraction of sp³-hybridized carbons (Fsp3) is 0.727. The summed E-state index contributed by atoms with van der Waals surface area (Å²) in [4.78, 5) is 4.29. The standard InChI is InChI=1S/C11H21N3/c1-3-6-12-7-5-9-14-10-8-13-11(14)4-2/h8,10,12H,3-7,9H2,1-2H3. The molecule has 0 atom stereocenters. The number of aryl methyl sites for hydroxylation is 2. The Morgan fingerprint density at radius 2 is 2.21 bits per heavy atom. The number of nitrogens with one attached hydrogen (secondary N) is 1. The zero-order valence-corrected chi connectivity index (χ0v) is 9.29. The Hall–Kier alpha value is -0.830. The van der Waals surface area contributed by atoms with E-state index in [1.807, 2.05) is 6.20 Å². The predicted octanol–water partition coefficient (Wildman–Crippen LogP) is 1.84. The van der Waals surface area contributed by atoms with Gasteiger partial charge in [0.2, 0.25) is 0 Å². The first-order valence-electron chi connectivity index (χ1n) is 5.59. The van der Waals surface area contributed by atoms with Gasteiger partial charge in [0.25, 0.3) is 0 Å². The van der Waals surface area contributed by atoms with Gasteiger partial charge >= 0.3 is 0 Å². The van der Waals surface area contributed by atoms with E-state index >= 15 is 0 Å². The van der Waals surface area contributed by atoms with Crippen LogP contribution in [0.25, 0.3) is 0 Å². The molecule has 0 spiro atoms. The normalized spacial score (nSPS) is 10.7. The van der Waals surface area contributed by atoms with E-state index < -0.39 is 0 Å². The number of rotatable bonds is 7. The van der Waals surface area contributed by atoms with Crippen LogP contribution < -0.4 is 5.32 Å². The zero-order valence-electron chi connectivity index (χ0n) is 9.29. The highest BCUT2D eigenvalue weighted by molar-refractivity contribution is 4.91. The number of aromatic nitrogens is 2. The Balaban J connectivity index is 2.17. The van der Waals surface area contributed by atoms with Crippen LogP contribution in [-0.2, 0) is 13.0 Å². The molecule has 1 aromatic rings. The van der Waals surface area contributed by atoms with E-state index in [1.54, 1.807) is 0 Å². The molecule has 0 aliphatic carbocycles. The average molecular weight is 195 g/mol. The summed E-state index contributed by atoms with van der Waals surface area (Å²) in [6.45, 7) is 7.66. The molecule has 0 saturated carbocycles. The molecule has 3 heteroatoms. The van der Waals surface area contributed by atoms with E-state index in [9.17, 15) is 0 Å². The van der Waals surface area contributed by atoms with Crippen molar-refractivity contribution >= 4 is 0 Å². The third-order valence-corrected chi connectivity index (χ3v) is 2.30. The summed E-state index contributed by atoms with van der Waals surface area (Å²) in [7, 11) is 0. The Labute approximate surface area is 86.5 Å². The first-order chi connectivity index (χ1) is 6.88. The lowest BCUT2D eigenvalue weighted by atomic mass is 10.3. The Morgan fingerprint density at radius 3 is 2.93 bits per heavy atom. The van der Waals surface area contributed by atoms with Crippen molar-refractivity contribution in [2.24, 2.45) is 0 Å². The molecule has 3 nitrogen and oxygen atoms in total. The quantitative estimate of drug-likeness (QED) is 0.673. The summed E-state index contributed by atoms with van der Waals surface area (Å²) in [6, 6.07) is 0. The molecule has 0 aliphatic rings. The fourth-order valence-electron chi connectivity index (χ4n) is 1.53. The highest BCUT2D eigenvalue weighted by atomic mass is 15.1. The zero-order chi connectivity index (χ0) is 10.2. The molecular formula is C11H21N3. The van der Waals surface area contributed by atoms with Crippen LogP contribution in [0.1, 0.15) is 32.5 Å². The van der Waals surface area contributed by atoms with Gasteiger partial charge in [-0.1, -0.05) is 13.8 Å². The summed E-state index contributed by atoms with van der Waals surface area (Å²) in [5.41, 5.74) is 0. The minimum atomic E-state index is 1.02. The van der Waals surface area contributed by atoms with Crippen molar-refractivity contribution in [3.63, 3.8) is 0 Å². The van der Waals surface area contributed by atoms with Crippen LogP contribution in [0.3, 0.4) is 0 Å². The summed E-state index contributed by atoms with van der Waals surface area (Å²) < 4.78 is 2.24. The van der Waals surface area contributed by atoms with E-state index in [1.165, 1.54) is 18.7 Å². The lowest BCUT2D eigenvalue weighted by Crippen LogP contribution is -2.17. The van der Waals surface area contributed by atoms with Crippen LogP contribution in [0.4, 0.5) is 0 Å². The molecule has 0 saturated heterocycles. The topological polar surface area (TPSA) is 29.9 Å². The molecule has 0 aliphatic heterocycles. The van der Waals surface area contributed by atoms with E-state index in [4.69, 9.17) is 0 Å². The maximum Gasteiger partial charge on any atom is 0.108 e. The average Bonchev–Trinajstić information content (AvgIpc) is 2.65. The Kier molecular flexibility index (Phi) is 5.30. The third kappa shape index (κ3) is 3.50. The van der Waals surface area contributed by atoms with Crippen LogP contribution in [0.2, 0.25) is 0 Å². The van der Waals surface area contributed by atoms with Crippen molar-refractivity contribution in [3.8, 4) is 0 Å². The summed E-state index contributed by atoms with van der Waals surface area (Å²) >= 11 is 0. The molecular weight excluding hydrogens is 174 g/mol. The summed E-state index contributed by atoms with van der Waals surface area (Å²) in [5, 5.41) is 3.40. The van der Waals surface area contributed by atoms with Gasteiger partial charge in [-0.15, -0.1) is 0 Å². The van der Waals surface area contributed by atoms with Gasteiger partial charge in [0.15, 0.2) is 0 Å². The van der Waals surface area contributed by atoms with E-state index in [2.05, 4.69) is 34.9 Å². The molecule has 1 heterocycles. The second kappa shape index (κ2) is 6.60. The first kappa shape index (κ1) is 11.2. The summed E-state index contributed by atoms with van der Waals surface area (Å²) in [6.07, 6.45) is 7.38. The molecule has 80 valence electrons. The minimum Gasteiger partial charge on any atom is -0.335 e.